The van der Waals surface area contributed by atoms with Gasteiger partial charge in [0.1, 0.15) is 12.4 Å². The highest BCUT2D eigenvalue weighted by molar-refractivity contribution is 6.32. The van der Waals surface area contributed by atoms with Crippen LogP contribution in [-0.4, -0.2) is 12.6 Å². The van der Waals surface area contributed by atoms with Gasteiger partial charge in [0.2, 0.25) is 0 Å². The molecule has 0 heterocycles. The van der Waals surface area contributed by atoms with E-state index < -0.39 is 5.82 Å². The molecule has 2 aromatic rings. The van der Waals surface area contributed by atoms with E-state index in [2.05, 4.69) is 19.2 Å². The first-order valence-corrected chi connectivity index (χ1v) is 9.46. The lowest BCUT2D eigenvalue weighted by molar-refractivity contribution is 0.266. The van der Waals surface area contributed by atoms with Gasteiger partial charge in [0, 0.05) is 18.2 Å². The predicted octanol–water partition coefficient (Wildman–Crippen LogP) is 6.00. The molecule has 2 aromatic carbocycles. The fraction of sp³-hybridized carbons (Fsp3) is 0.400. The Hall–Kier alpha value is -1.49. The summed E-state index contributed by atoms with van der Waals surface area (Å²) in [6.07, 6.45) is 1.04. The van der Waals surface area contributed by atoms with Gasteiger partial charge in [0.05, 0.1) is 16.7 Å². The minimum atomic E-state index is -0.416. The Bertz CT molecular complexity index is 720. The van der Waals surface area contributed by atoms with Crippen LogP contribution in [0.1, 0.15) is 38.3 Å². The van der Waals surface area contributed by atoms with Gasteiger partial charge in [0.25, 0.3) is 0 Å². The van der Waals surface area contributed by atoms with Gasteiger partial charge in [-0.25, -0.2) is 4.39 Å². The van der Waals surface area contributed by atoms with Gasteiger partial charge in [-0.05, 0) is 50.1 Å². The summed E-state index contributed by atoms with van der Waals surface area (Å²) in [6.45, 7) is 7.25. The summed E-state index contributed by atoms with van der Waals surface area (Å²) < 4.78 is 25.4. The Morgan fingerprint density at radius 1 is 1.12 bits per heavy atom. The molecule has 0 amide bonds. The van der Waals surface area contributed by atoms with Crippen molar-refractivity contribution in [2.45, 2.75) is 46.4 Å². The zero-order valence-corrected chi connectivity index (χ0v) is 16.8. The summed E-state index contributed by atoms with van der Waals surface area (Å²) in [5.74, 6) is 0.509. The van der Waals surface area contributed by atoms with Crippen molar-refractivity contribution in [1.29, 1.82) is 0 Å². The quantitative estimate of drug-likeness (QED) is 0.560. The lowest BCUT2D eigenvalue weighted by Gasteiger charge is -2.17. The molecule has 0 bridgehead atoms. The number of benzene rings is 2. The molecule has 1 unspecified atom stereocenters. The molecule has 1 atom stereocenters. The van der Waals surface area contributed by atoms with Crippen molar-refractivity contribution < 1.29 is 13.9 Å². The number of rotatable bonds is 9. The number of ether oxygens (including phenoxy) is 2. The minimum Gasteiger partial charge on any atom is -0.490 e. The number of nitrogens with one attached hydrogen (secondary N) is 1. The fourth-order valence-corrected chi connectivity index (χ4v) is 2.88. The summed E-state index contributed by atoms with van der Waals surface area (Å²) in [7, 11) is 0. The van der Waals surface area contributed by atoms with Crippen LogP contribution in [0.15, 0.2) is 30.3 Å². The summed E-state index contributed by atoms with van der Waals surface area (Å²) in [4.78, 5) is 0. The monoisotopic (exact) mass is 399 g/mol. The minimum absolute atomic E-state index is 0.0320. The lowest BCUT2D eigenvalue weighted by Crippen LogP contribution is -2.24. The molecule has 26 heavy (non-hydrogen) atoms. The van der Waals surface area contributed by atoms with Crippen LogP contribution in [0.25, 0.3) is 0 Å². The van der Waals surface area contributed by atoms with Crippen molar-refractivity contribution in [1.82, 2.24) is 5.32 Å². The first kappa shape index (κ1) is 20.8. The summed E-state index contributed by atoms with van der Waals surface area (Å²) >= 11 is 12.5. The predicted molar refractivity (Wildman–Crippen MR) is 105 cm³/mol. The van der Waals surface area contributed by atoms with Gasteiger partial charge in [0.15, 0.2) is 11.5 Å². The number of halogens is 3. The van der Waals surface area contributed by atoms with Crippen LogP contribution in [0.5, 0.6) is 11.5 Å². The maximum absolute atomic E-state index is 13.9. The molecule has 142 valence electrons. The van der Waals surface area contributed by atoms with E-state index >= 15 is 0 Å². The van der Waals surface area contributed by atoms with Crippen molar-refractivity contribution in [3.63, 3.8) is 0 Å². The summed E-state index contributed by atoms with van der Waals surface area (Å²) in [6, 6.07) is 8.65. The number of hydrogen-bond acceptors (Lipinski definition) is 3. The van der Waals surface area contributed by atoms with E-state index in [1.807, 2.05) is 19.1 Å². The normalized spacial score (nSPS) is 12.1. The van der Waals surface area contributed by atoms with Gasteiger partial charge in [-0.1, -0.05) is 36.2 Å². The van der Waals surface area contributed by atoms with E-state index in [9.17, 15) is 4.39 Å². The third-order valence-electron chi connectivity index (χ3n) is 4.06. The molecule has 2 rings (SSSR count). The van der Waals surface area contributed by atoms with Crippen LogP contribution in [0.4, 0.5) is 4.39 Å². The Kier molecular flexibility index (Phi) is 8.01. The molecule has 0 aromatic heterocycles. The van der Waals surface area contributed by atoms with Crippen LogP contribution in [0, 0.1) is 5.82 Å². The van der Waals surface area contributed by atoms with Crippen LogP contribution >= 0.6 is 23.2 Å². The number of hydrogen-bond donors (Lipinski definition) is 1. The Labute approximate surface area is 164 Å². The van der Waals surface area contributed by atoms with Crippen molar-refractivity contribution in [2.75, 3.05) is 6.61 Å². The molecule has 0 aliphatic rings. The first-order valence-electron chi connectivity index (χ1n) is 8.70. The molecule has 0 radical (unpaired) electrons. The smallest absolute Gasteiger partial charge is 0.180 e. The van der Waals surface area contributed by atoms with Gasteiger partial charge >= 0.3 is 0 Å². The highest BCUT2D eigenvalue weighted by Gasteiger charge is 2.15. The van der Waals surface area contributed by atoms with Crippen LogP contribution in [0.2, 0.25) is 10.0 Å². The van der Waals surface area contributed by atoms with E-state index in [-0.39, 0.29) is 12.2 Å². The molecule has 0 saturated carbocycles. The molecule has 0 spiro atoms. The molecule has 6 heteroatoms. The fourth-order valence-electron chi connectivity index (χ4n) is 2.38. The second-order valence-corrected chi connectivity index (χ2v) is 6.83. The molecule has 1 N–H and O–H groups in total. The van der Waals surface area contributed by atoms with Crippen molar-refractivity contribution in [3.05, 3.63) is 57.3 Å². The van der Waals surface area contributed by atoms with E-state index in [0.29, 0.717) is 40.7 Å². The van der Waals surface area contributed by atoms with Crippen LogP contribution in [-0.2, 0) is 13.2 Å². The Morgan fingerprint density at radius 3 is 2.54 bits per heavy atom. The van der Waals surface area contributed by atoms with E-state index in [4.69, 9.17) is 32.7 Å². The van der Waals surface area contributed by atoms with Crippen LogP contribution < -0.4 is 14.8 Å². The average Bonchev–Trinajstić information content (AvgIpc) is 2.61. The molecule has 3 nitrogen and oxygen atoms in total. The second kappa shape index (κ2) is 10.0. The Morgan fingerprint density at radius 2 is 1.88 bits per heavy atom. The van der Waals surface area contributed by atoms with Crippen molar-refractivity contribution in [3.8, 4) is 11.5 Å². The second-order valence-electron chi connectivity index (χ2n) is 6.02. The third kappa shape index (κ3) is 5.50. The van der Waals surface area contributed by atoms with E-state index in [1.54, 1.807) is 12.1 Å². The maximum Gasteiger partial charge on any atom is 0.180 e. The van der Waals surface area contributed by atoms with Gasteiger partial charge in [-0.3, -0.25) is 0 Å². The maximum atomic E-state index is 13.9. The largest absolute Gasteiger partial charge is 0.490 e. The molecular weight excluding hydrogens is 376 g/mol. The molecule has 0 fully saturated rings. The molecule has 0 aliphatic carbocycles. The molecule has 0 aliphatic heterocycles. The molecular formula is C20H24Cl2FNO2. The Balaban J connectivity index is 2.21. The topological polar surface area (TPSA) is 30.5 Å². The van der Waals surface area contributed by atoms with Crippen LogP contribution in [0.3, 0.4) is 0 Å². The SMILES string of the molecule is CCOc1cc(CNC(C)CC)cc(Cl)c1OCc1c(F)cccc1Cl. The van der Waals surface area contributed by atoms with Gasteiger partial charge in [-0.2, -0.15) is 0 Å². The van der Waals surface area contributed by atoms with Gasteiger partial charge < -0.3 is 14.8 Å². The highest BCUT2D eigenvalue weighted by atomic mass is 35.5. The van der Waals surface area contributed by atoms with Crippen molar-refractivity contribution in [2.24, 2.45) is 0 Å². The van der Waals surface area contributed by atoms with E-state index in [0.717, 1.165) is 12.0 Å². The zero-order chi connectivity index (χ0) is 19.1. The van der Waals surface area contributed by atoms with Gasteiger partial charge in [-0.15, -0.1) is 0 Å². The first-order chi connectivity index (χ1) is 12.5. The van der Waals surface area contributed by atoms with E-state index in [1.165, 1.54) is 6.07 Å². The highest BCUT2D eigenvalue weighted by Crippen LogP contribution is 2.37. The zero-order valence-electron chi connectivity index (χ0n) is 15.2. The summed E-state index contributed by atoms with van der Waals surface area (Å²) in [5, 5.41) is 4.15. The third-order valence-corrected chi connectivity index (χ3v) is 4.69. The summed E-state index contributed by atoms with van der Waals surface area (Å²) in [5.41, 5.74) is 1.28. The van der Waals surface area contributed by atoms with Crippen molar-refractivity contribution >= 4 is 23.2 Å². The lowest BCUT2D eigenvalue weighted by atomic mass is 10.1. The molecule has 0 saturated heterocycles. The standard InChI is InChI=1S/C20H24Cl2FNO2/c1-4-13(3)24-11-14-9-17(22)20(19(10-14)25-5-2)26-12-15-16(21)7-6-8-18(15)23/h6-10,13,24H,4-5,11-12H2,1-3H3. The average molecular weight is 400 g/mol.